The Morgan fingerprint density at radius 2 is 1.75 bits per heavy atom. The minimum Gasteiger partial charge on any atom is -0.381 e. The average Bonchev–Trinajstić information content (AvgIpc) is 2.45. The van der Waals surface area contributed by atoms with E-state index in [9.17, 15) is 0 Å². The first kappa shape index (κ1) is 15.5. The molecule has 1 aromatic rings. The molecule has 1 N–H and O–H groups in total. The molecule has 0 amide bonds. The Kier molecular flexibility index (Phi) is 5.22. The van der Waals surface area contributed by atoms with Crippen molar-refractivity contribution in [1.29, 1.82) is 0 Å². The molecule has 1 aliphatic rings. The van der Waals surface area contributed by atoms with Gasteiger partial charge in [0.05, 0.1) is 0 Å². The zero-order valence-electron chi connectivity index (χ0n) is 13.4. The van der Waals surface area contributed by atoms with Gasteiger partial charge in [0.15, 0.2) is 0 Å². The summed E-state index contributed by atoms with van der Waals surface area (Å²) in [5.41, 5.74) is 3.01. The highest BCUT2D eigenvalue weighted by molar-refractivity contribution is 5.29. The van der Waals surface area contributed by atoms with E-state index in [0.717, 1.165) is 25.7 Å². The van der Waals surface area contributed by atoms with Gasteiger partial charge in [0.25, 0.3) is 0 Å². The van der Waals surface area contributed by atoms with Gasteiger partial charge in [-0.05, 0) is 48.8 Å². The quantitative estimate of drug-likeness (QED) is 0.894. The van der Waals surface area contributed by atoms with E-state index < -0.39 is 0 Å². The molecule has 112 valence electrons. The molecular weight excluding hydrogens is 246 g/mol. The van der Waals surface area contributed by atoms with Crippen LogP contribution in [0.4, 0.5) is 0 Å². The summed E-state index contributed by atoms with van der Waals surface area (Å²) in [6.07, 6.45) is 2.39. The highest BCUT2D eigenvalue weighted by Crippen LogP contribution is 2.24. The molecule has 0 radical (unpaired) electrons. The third kappa shape index (κ3) is 4.32. The van der Waals surface area contributed by atoms with Crippen molar-refractivity contribution in [2.24, 2.45) is 5.92 Å². The Morgan fingerprint density at radius 3 is 2.30 bits per heavy atom. The van der Waals surface area contributed by atoms with Crippen molar-refractivity contribution >= 4 is 0 Å². The molecule has 1 heterocycles. The number of ether oxygens (including phenoxy) is 1. The minimum atomic E-state index is 0.233. The summed E-state index contributed by atoms with van der Waals surface area (Å²) in [5.74, 6) is 0.778. The first-order valence-electron chi connectivity index (χ1n) is 7.88. The van der Waals surface area contributed by atoms with Crippen molar-refractivity contribution in [3.05, 3.63) is 35.4 Å². The van der Waals surface area contributed by atoms with Crippen LogP contribution in [0.3, 0.4) is 0 Å². The van der Waals surface area contributed by atoms with Gasteiger partial charge in [0, 0.05) is 19.3 Å². The number of rotatable bonds is 4. The van der Waals surface area contributed by atoms with Crippen molar-refractivity contribution in [3.63, 3.8) is 0 Å². The van der Waals surface area contributed by atoms with Gasteiger partial charge in [-0.15, -0.1) is 0 Å². The van der Waals surface area contributed by atoms with Crippen LogP contribution in [-0.4, -0.2) is 19.8 Å². The Bertz CT molecular complexity index is 398. The summed E-state index contributed by atoms with van der Waals surface area (Å²) < 4.78 is 5.41. The van der Waals surface area contributed by atoms with Crippen LogP contribution >= 0.6 is 0 Å². The van der Waals surface area contributed by atoms with Gasteiger partial charge in [-0.2, -0.15) is 0 Å². The Hall–Kier alpha value is -0.860. The largest absolute Gasteiger partial charge is 0.381 e. The van der Waals surface area contributed by atoms with Crippen molar-refractivity contribution in [2.45, 2.75) is 52.0 Å². The Labute approximate surface area is 123 Å². The van der Waals surface area contributed by atoms with Gasteiger partial charge in [0.1, 0.15) is 0 Å². The van der Waals surface area contributed by atoms with Crippen LogP contribution in [-0.2, 0) is 10.2 Å². The van der Waals surface area contributed by atoms with E-state index in [0.29, 0.717) is 6.04 Å². The van der Waals surface area contributed by atoms with Gasteiger partial charge < -0.3 is 10.1 Å². The molecule has 1 saturated heterocycles. The van der Waals surface area contributed by atoms with Gasteiger partial charge in [0.2, 0.25) is 0 Å². The standard InChI is InChI=1S/C18H29NO/c1-14(19-13-15-9-11-20-12-10-15)16-5-7-17(8-6-16)18(2,3)4/h5-8,14-15,19H,9-13H2,1-4H3. The van der Waals surface area contributed by atoms with E-state index in [2.05, 4.69) is 57.3 Å². The van der Waals surface area contributed by atoms with E-state index >= 15 is 0 Å². The lowest BCUT2D eigenvalue weighted by atomic mass is 9.86. The molecule has 2 nitrogen and oxygen atoms in total. The maximum Gasteiger partial charge on any atom is 0.0469 e. The van der Waals surface area contributed by atoms with Crippen LogP contribution in [0.15, 0.2) is 24.3 Å². The van der Waals surface area contributed by atoms with E-state index in [1.54, 1.807) is 0 Å². The summed E-state index contributed by atoms with van der Waals surface area (Å²) in [6, 6.07) is 9.49. The van der Waals surface area contributed by atoms with Gasteiger partial charge >= 0.3 is 0 Å². The Morgan fingerprint density at radius 1 is 1.15 bits per heavy atom. The molecule has 1 aliphatic heterocycles. The smallest absolute Gasteiger partial charge is 0.0469 e. The molecule has 2 rings (SSSR count). The van der Waals surface area contributed by atoms with Crippen molar-refractivity contribution in [1.82, 2.24) is 5.32 Å². The third-order valence-electron chi connectivity index (χ3n) is 4.33. The zero-order valence-corrected chi connectivity index (χ0v) is 13.4. The lowest BCUT2D eigenvalue weighted by molar-refractivity contribution is 0.0656. The normalized spacial score (nSPS) is 19.0. The van der Waals surface area contributed by atoms with Gasteiger partial charge in [-0.25, -0.2) is 0 Å². The fourth-order valence-corrected chi connectivity index (χ4v) is 2.68. The molecule has 20 heavy (non-hydrogen) atoms. The van der Waals surface area contributed by atoms with Crippen LogP contribution in [0.25, 0.3) is 0 Å². The molecule has 1 aromatic carbocycles. The zero-order chi connectivity index (χ0) is 14.6. The molecule has 2 heteroatoms. The van der Waals surface area contributed by atoms with E-state index in [1.165, 1.54) is 24.0 Å². The van der Waals surface area contributed by atoms with E-state index in [1.807, 2.05) is 0 Å². The molecule has 1 fully saturated rings. The summed E-state index contributed by atoms with van der Waals surface area (Å²) in [4.78, 5) is 0. The van der Waals surface area contributed by atoms with Crippen molar-refractivity contribution < 1.29 is 4.74 Å². The highest BCUT2D eigenvalue weighted by Gasteiger charge is 2.16. The second-order valence-corrected chi connectivity index (χ2v) is 7.06. The molecule has 0 saturated carbocycles. The molecule has 0 aliphatic carbocycles. The highest BCUT2D eigenvalue weighted by atomic mass is 16.5. The fraction of sp³-hybridized carbons (Fsp3) is 0.667. The summed E-state index contributed by atoms with van der Waals surface area (Å²) in [5, 5.41) is 3.67. The average molecular weight is 275 g/mol. The first-order chi connectivity index (χ1) is 9.47. The predicted octanol–water partition coefficient (Wildman–Crippen LogP) is 4.06. The van der Waals surface area contributed by atoms with Crippen LogP contribution < -0.4 is 5.32 Å². The maximum atomic E-state index is 5.41. The predicted molar refractivity (Wildman–Crippen MR) is 85.1 cm³/mol. The monoisotopic (exact) mass is 275 g/mol. The van der Waals surface area contributed by atoms with E-state index in [4.69, 9.17) is 4.74 Å². The summed E-state index contributed by atoms with van der Waals surface area (Å²) in [7, 11) is 0. The summed E-state index contributed by atoms with van der Waals surface area (Å²) in [6.45, 7) is 12.0. The van der Waals surface area contributed by atoms with Gasteiger partial charge in [-0.3, -0.25) is 0 Å². The van der Waals surface area contributed by atoms with Crippen LogP contribution in [0.2, 0.25) is 0 Å². The van der Waals surface area contributed by atoms with Gasteiger partial charge in [-0.1, -0.05) is 45.0 Å². The maximum absolute atomic E-state index is 5.41. The van der Waals surface area contributed by atoms with Crippen molar-refractivity contribution in [3.8, 4) is 0 Å². The number of nitrogens with one attached hydrogen (secondary N) is 1. The second kappa shape index (κ2) is 6.73. The Balaban J connectivity index is 1.87. The fourth-order valence-electron chi connectivity index (χ4n) is 2.68. The van der Waals surface area contributed by atoms with E-state index in [-0.39, 0.29) is 5.41 Å². The minimum absolute atomic E-state index is 0.233. The second-order valence-electron chi connectivity index (χ2n) is 7.06. The number of hydrogen-bond acceptors (Lipinski definition) is 2. The molecule has 0 aromatic heterocycles. The molecule has 1 atom stereocenters. The van der Waals surface area contributed by atoms with Crippen LogP contribution in [0.5, 0.6) is 0 Å². The van der Waals surface area contributed by atoms with Crippen LogP contribution in [0, 0.1) is 5.92 Å². The lowest BCUT2D eigenvalue weighted by Crippen LogP contribution is -2.29. The molecular formula is C18H29NO. The molecule has 1 unspecified atom stereocenters. The van der Waals surface area contributed by atoms with Crippen LogP contribution in [0.1, 0.15) is 57.7 Å². The number of benzene rings is 1. The molecule has 0 bridgehead atoms. The third-order valence-corrected chi connectivity index (χ3v) is 4.33. The molecule has 0 spiro atoms. The topological polar surface area (TPSA) is 21.3 Å². The van der Waals surface area contributed by atoms with Crippen molar-refractivity contribution in [2.75, 3.05) is 19.8 Å². The first-order valence-corrected chi connectivity index (χ1v) is 7.88. The summed E-state index contributed by atoms with van der Waals surface area (Å²) >= 11 is 0. The lowest BCUT2D eigenvalue weighted by Gasteiger charge is -2.25. The SMILES string of the molecule is CC(NCC1CCOCC1)c1ccc(C(C)(C)C)cc1. The number of hydrogen-bond donors (Lipinski definition) is 1.